The minimum Gasteiger partial charge on any atom is -0.462 e. The van der Waals surface area contributed by atoms with Crippen molar-refractivity contribution in [2.24, 2.45) is 0 Å². The molecule has 1 unspecified atom stereocenters. The number of hydrogen-bond donors (Lipinski definition) is 3. The Kier molecular flexibility index (Phi) is 12.6. The number of carbonyl (C=O) groups is 4. The van der Waals surface area contributed by atoms with Gasteiger partial charge in [0.1, 0.15) is 5.70 Å². The van der Waals surface area contributed by atoms with Crippen molar-refractivity contribution < 1.29 is 28.8 Å². The van der Waals surface area contributed by atoms with Crippen LogP contribution in [0.4, 0.5) is 17.1 Å². The van der Waals surface area contributed by atoms with Crippen LogP contribution in [0, 0.1) is 10.1 Å². The van der Waals surface area contributed by atoms with E-state index >= 15 is 0 Å². The lowest BCUT2D eigenvalue weighted by Gasteiger charge is -2.14. The minimum atomic E-state index is -0.705. The molecule has 3 amide bonds. The van der Waals surface area contributed by atoms with Gasteiger partial charge < -0.3 is 20.7 Å². The first kappa shape index (κ1) is 35.1. The molecule has 1 atom stereocenters. The van der Waals surface area contributed by atoms with Gasteiger partial charge in [0.2, 0.25) is 5.91 Å². The fraction of sp³-hybridized carbons (Fsp3) is 0.167. The summed E-state index contributed by atoms with van der Waals surface area (Å²) in [5.74, 6) is -1.96. The molecule has 0 aliphatic carbocycles. The molecule has 3 N–H and O–H groups in total. The molecule has 0 aliphatic rings. The molecular weight excluding hydrogens is 632 g/mol. The summed E-state index contributed by atoms with van der Waals surface area (Å²) in [6.45, 7) is 4.10. The molecule has 11 nitrogen and oxygen atoms in total. The third-order valence-electron chi connectivity index (χ3n) is 6.86. The molecule has 246 valence electrons. The van der Waals surface area contributed by atoms with Crippen LogP contribution in [0.5, 0.6) is 0 Å². The largest absolute Gasteiger partial charge is 0.462 e. The number of nitrogens with zero attached hydrogens (tertiary/aromatic N) is 1. The van der Waals surface area contributed by atoms with Gasteiger partial charge in [-0.3, -0.25) is 24.5 Å². The van der Waals surface area contributed by atoms with Crippen molar-refractivity contribution in [1.82, 2.24) is 5.32 Å². The number of ether oxygens (including phenoxy) is 1. The number of amides is 3. The lowest BCUT2D eigenvalue weighted by atomic mass is 10.1. The van der Waals surface area contributed by atoms with Crippen LogP contribution in [0.15, 0.2) is 114 Å². The first-order valence-corrected chi connectivity index (χ1v) is 16.0. The number of unbranched alkanes of at least 4 members (excludes halogenated alkanes) is 1. The average molecular weight is 667 g/mol. The molecule has 12 heteroatoms. The number of nitro benzene ring substituents is 1. The standard InChI is InChI=1S/C36H34N4O7S/c1-3-4-21-47-36(44)26-17-19-28(20-18-26)37-33(41)24(2)48-30-15-10-14-29(23-30)38-35(43)31(39-34(42)25-11-6-5-7-12-25)22-27-13-8-9-16-32(27)40(45)46/h5-20,22-24H,3-4,21H2,1-2H3,(H,37,41)(H,38,43)(H,39,42)/b31-22+. The van der Waals surface area contributed by atoms with Gasteiger partial charge >= 0.3 is 5.97 Å². The van der Waals surface area contributed by atoms with Crippen molar-refractivity contribution in [3.63, 3.8) is 0 Å². The van der Waals surface area contributed by atoms with E-state index in [-0.39, 0.29) is 22.9 Å². The lowest BCUT2D eigenvalue weighted by molar-refractivity contribution is -0.385. The lowest BCUT2D eigenvalue weighted by Crippen LogP contribution is -2.30. The van der Waals surface area contributed by atoms with E-state index in [1.807, 2.05) is 6.92 Å². The molecular formula is C36H34N4O7S. The second-order valence-electron chi connectivity index (χ2n) is 10.5. The van der Waals surface area contributed by atoms with E-state index < -0.39 is 28.0 Å². The number of nitro groups is 1. The second kappa shape index (κ2) is 17.2. The molecule has 48 heavy (non-hydrogen) atoms. The highest BCUT2D eigenvalue weighted by Gasteiger charge is 2.20. The van der Waals surface area contributed by atoms with Crippen LogP contribution in [0.1, 0.15) is 53.0 Å². The highest BCUT2D eigenvalue weighted by molar-refractivity contribution is 8.00. The van der Waals surface area contributed by atoms with Gasteiger partial charge in [0.25, 0.3) is 17.5 Å². The highest BCUT2D eigenvalue weighted by Crippen LogP contribution is 2.27. The van der Waals surface area contributed by atoms with E-state index in [9.17, 15) is 29.3 Å². The number of rotatable bonds is 14. The third kappa shape index (κ3) is 10.1. The Morgan fingerprint density at radius 1 is 0.854 bits per heavy atom. The van der Waals surface area contributed by atoms with Crippen LogP contribution in [0.3, 0.4) is 0 Å². The number of esters is 1. The molecule has 4 rings (SSSR count). The molecule has 4 aromatic carbocycles. The summed E-state index contributed by atoms with van der Waals surface area (Å²) in [6, 6.07) is 27.4. The van der Waals surface area contributed by atoms with Gasteiger partial charge in [0.15, 0.2) is 0 Å². The number of nitrogens with one attached hydrogen (secondary N) is 3. The Hall–Kier alpha value is -5.75. The van der Waals surface area contributed by atoms with Gasteiger partial charge in [0.05, 0.1) is 27.9 Å². The fourth-order valence-electron chi connectivity index (χ4n) is 4.30. The Morgan fingerprint density at radius 3 is 2.27 bits per heavy atom. The molecule has 0 saturated carbocycles. The highest BCUT2D eigenvalue weighted by atomic mass is 32.2. The van der Waals surface area contributed by atoms with Crippen LogP contribution in [-0.4, -0.2) is 40.5 Å². The number of para-hydroxylation sites is 1. The van der Waals surface area contributed by atoms with Crippen LogP contribution in [-0.2, 0) is 14.3 Å². The van der Waals surface area contributed by atoms with Crippen molar-refractivity contribution in [2.75, 3.05) is 17.2 Å². The molecule has 0 fully saturated rings. The van der Waals surface area contributed by atoms with Gasteiger partial charge in [-0.1, -0.05) is 49.7 Å². The van der Waals surface area contributed by atoms with Gasteiger partial charge in [-0.05, 0) is 80.1 Å². The molecule has 0 spiro atoms. The van der Waals surface area contributed by atoms with Crippen molar-refractivity contribution >= 4 is 58.6 Å². The predicted molar refractivity (Wildman–Crippen MR) is 186 cm³/mol. The van der Waals surface area contributed by atoms with Gasteiger partial charge in [0, 0.05) is 27.9 Å². The second-order valence-corrected chi connectivity index (χ2v) is 11.9. The van der Waals surface area contributed by atoms with E-state index in [1.54, 1.807) is 91.9 Å². The van der Waals surface area contributed by atoms with Crippen molar-refractivity contribution in [3.8, 4) is 0 Å². The van der Waals surface area contributed by atoms with Crippen LogP contribution in [0.2, 0.25) is 0 Å². The Balaban J connectivity index is 1.44. The van der Waals surface area contributed by atoms with E-state index in [0.29, 0.717) is 34.0 Å². The summed E-state index contributed by atoms with van der Waals surface area (Å²) < 4.78 is 5.21. The Labute approximate surface area is 281 Å². The molecule has 0 saturated heterocycles. The van der Waals surface area contributed by atoms with E-state index in [0.717, 1.165) is 12.8 Å². The molecule has 0 bridgehead atoms. The Morgan fingerprint density at radius 2 is 1.56 bits per heavy atom. The molecule has 0 heterocycles. The van der Waals surface area contributed by atoms with Gasteiger partial charge in [-0.2, -0.15) is 0 Å². The van der Waals surface area contributed by atoms with Crippen LogP contribution in [0.25, 0.3) is 6.08 Å². The van der Waals surface area contributed by atoms with Crippen LogP contribution >= 0.6 is 11.8 Å². The zero-order valence-electron chi connectivity index (χ0n) is 26.3. The molecule has 4 aromatic rings. The molecule has 0 aliphatic heterocycles. The number of hydrogen-bond acceptors (Lipinski definition) is 8. The zero-order chi connectivity index (χ0) is 34.5. The smallest absolute Gasteiger partial charge is 0.338 e. The zero-order valence-corrected chi connectivity index (χ0v) is 27.1. The third-order valence-corrected chi connectivity index (χ3v) is 7.95. The maximum Gasteiger partial charge on any atom is 0.338 e. The summed E-state index contributed by atoms with van der Waals surface area (Å²) in [5, 5.41) is 19.2. The Bertz CT molecular complexity index is 1810. The fourth-order valence-corrected chi connectivity index (χ4v) is 5.23. The van der Waals surface area contributed by atoms with Gasteiger partial charge in [-0.15, -0.1) is 11.8 Å². The molecule has 0 radical (unpaired) electrons. The summed E-state index contributed by atoms with van der Waals surface area (Å²) in [5.41, 5.74) is 1.28. The summed E-state index contributed by atoms with van der Waals surface area (Å²) in [6.07, 6.45) is 2.96. The van der Waals surface area contributed by atoms with Crippen molar-refractivity contribution in [3.05, 3.63) is 136 Å². The average Bonchev–Trinajstić information content (AvgIpc) is 3.09. The summed E-state index contributed by atoms with van der Waals surface area (Å²) in [7, 11) is 0. The monoisotopic (exact) mass is 666 g/mol. The number of anilines is 2. The number of carbonyl (C=O) groups excluding carboxylic acids is 4. The maximum atomic E-state index is 13.5. The van der Waals surface area contributed by atoms with Crippen molar-refractivity contribution in [1.29, 1.82) is 0 Å². The van der Waals surface area contributed by atoms with Crippen LogP contribution < -0.4 is 16.0 Å². The topological polar surface area (TPSA) is 157 Å². The molecule has 0 aromatic heterocycles. The first-order valence-electron chi connectivity index (χ1n) is 15.1. The normalized spacial score (nSPS) is 11.6. The van der Waals surface area contributed by atoms with Crippen molar-refractivity contribution in [2.45, 2.75) is 36.8 Å². The number of thioether (sulfide) groups is 1. The minimum absolute atomic E-state index is 0.131. The summed E-state index contributed by atoms with van der Waals surface area (Å²) >= 11 is 1.26. The maximum absolute atomic E-state index is 13.5. The van der Waals surface area contributed by atoms with Gasteiger partial charge in [-0.25, -0.2) is 4.79 Å². The number of benzene rings is 4. The predicted octanol–water partition coefficient (Wildman–Crippen LogP) is 7.08. The first-order chi connectivity index (χ1) is 23.1. The van der Waals surface area contributed by atoms with E-state index in [4.69, 9.17) is 4.74 Å². The SMILES string of the molecule is CCCCOC(=O)c1ccc(NC(=O)C(C)Sc2cccc(NC(=O)/C(=C\c3ccccc3[N+](=O)[O-])NC(=O)c3ccccc3)c2)cc1. The quantitative estimate of drug-likeness (QED) is 0.0322. The van der Waals surface area contributed by atoms with E-state index in [2.05, 4.69) is 16.0 Å². The summed E-state index contributed by atoms with van der Waals surface area (Å²) in [4.78, 5) is 63.2. The van der Waals surface area contributed by atoms with E-state index in [1.165, 1.54) is 36.0 Å².